The molecule has 0 fully saturated rings. The van der Waals surface area contributed by atoms with Gasteiger partial charge in [-0.25, -0.2) is 0 Å². The molecule has 0 spiro atoms. The third-order valence-corrected chi connectivity index (χ3v) is 3.80. The van der Waals surface area contributed by atoms with Crippen molar-refractivity contribution in [3.8, 4) is 5.75 Å². The van der Waals surface area contributed by atoms with E-state index in [1.165, 1.54) is 24.3 Å². The maximum Gasteiger partial charge on any atom is 0.311 e. The number of ether oxygens (including phenoxy) is 1. The SMILES string of the molecule is COc1cc(NC2Cc3ccccc3C2)ccc1[N+](=O)[O-]. The highest BCUT2D eigenvalue weighted by Gasteiger charge is 2.22. The van der Waals surface area contributed by atoms with Gasteiger partial charge >= 0.3 is 5.69 Å². The van der Waals surface area contributed by atoms with Gasteiger partial charge in [-0.05, 0) is 30.0 Å². The molecule has 1 aliphatic carbocycles. The van der Waals surface area contributed by atoms with Gasteiger partial charge in [0.15, 0.2) is 5.75 Å². The van der Waals surface area contributed by atoms with Crippen LogP contribution in [0.15, 0.2) is 42.5 Å². The first-order chi connectivity index (χ1) is 10.2. The molecule has 0 bridgehead atoms. The average molecular weight is 284 g/mol. The van der Waals surface area contributed by atoms with Crippen molar-refractivity contribution in [2.75, 3.05) is 12.4 Å². The van der Waals surface area contributed by atoms with Gasteiger partial charge in [0.1, 0.15) is 0 Å². The second kappa shape index (κ2) is 5.44. The van der Waals surface area contributed by atoms with Crippen molar-refractivity contribution >= 4 is 11.4 Å². The summed E-state index contributed by atoms with van der Waals surface area (Å²) in [5.41, 5.74) is 3.56. The lowest BCUT2D eigenvalue weighted by Crippen LogP contribution is -2.19. The predicted molar refractivity (Wildman–Crippen MR) is 80.9 cm³/mol. The van der Waals surface area contributed by atoms with Crippen LogP contribution in [-0.2, 0) is 12.8 Å². The average Bonchev–Trinajstić information content (AvgIpc) is 2.88. The molecule has 2 aromatic rings. The van der Waals surface area contributed by atoms with Gasteiger partial charge in [0.25, 0.3) is 0 Å². The normalized spacial score (nSPS) is 13.8. The fraction of sp³-hybridized carbons (Fsp3) is 0.250. The number of nitro benzene ring substituents is 1. The minimum atomic E-state index is -0.436. The molecular weight excluding hydrogens is 268 g/mol. The molecule has 0 aromatic heterocycles. The molecule has 5 nitrogen and oxygen atoms in total. The maximum absolute atomic E-state index is 10.9. The van der Waals surface area contributed by atoms with Crippen LogP contribution < -0.4 is 10.1 Å². The lowest BCUT2D eigenvalue weighted by Gasteiger charge is -2.14. The van der Waals surface area contributed by atoms with Crippen molar-refractivity contribution in [2.45, 2.75) is 18.9 Å². The van der Waals surface area contributed by atoms with Crippen LogP contribution in [0.25, 0.3) is 0 Å². The molecule has 108 valence electrons. The molecular formula is C16H16N2O3. The van der Waals surface area contributed by atoms with E-state index >= 15 is 0 Å². The Hall–Kier alpha value is -2.56. The smallest absolute Gasteiger partial charge is 0.311 e. The zero-order valence-corrected chi connectivity index (χ0v) is 11.7. The quantitative estimate of drug-likeness (QED) is 0.691. The van der Waals surface area contributed by atoms with E-state index in [1.54, 1.807) is 12.1 Å². The highest BCUT2D eigenvalue weighted by molar-refractivity contribution is 5.58. The fourth-order valence-corrected chi connectivity index (χ4v) is 2.81. The molecule has 0 unspecified atom stereocenters. The molecule has 0 aliphatic heterocycles. The standard InChI is InChI=1S/C16H16N2O3/c1-21-16-10-13(6-7-15(16)18(19)20)17-14-8-11-4-2-3-5-12(11)9-14/h2-7,10,14,17H,8-9H2,1H3. The lowest BCUT2D eigenvalue weighted by molar-refractivity contribution is -0.385. The van der Waals surface area contributed by atoms with Gasteiger partial charge in [-0.3, -0.25) is 10.1 Å². The van der Waals surface area contributed by atoms with Crippen molar-refractivity contribution in [1.29, 1.82) is 0 Å². The first-order valence-corrected chi connectivity index (χ1v) is 6.83. The summed E-state index contributed by atoms with van der Waals surface area (Å²) in [7, 11) is 1.44. The molecule has 3 rings (SSSR count). The molecule has 1 N–H and O–H groups in total. The topological polar surface area (TPSA) is 64.4 Å². The number of rotatable bonds is 4. The van der Waals surface area contributed by atoms with Crippen molar-refractivity contribution in [1.82, 2.24) is 0 Å². The minimum absolute atomic E-state index is 0.0160. The summed E-state index contributed by atoms with van der Waals surface area (Å²) in [6.07, 6.45) is 1.94. The molecule has 0 amide bonds. The van der Waals surface area contributed by atoms with Crippen LogP contribution in [0.1, 0.15) is 11.1 Å². The van der Waals surface area contributed by atoms with Gasteiger partial charge < -0.3 is 10.1 Å². The van der Waals surface area contributed by atoms with E-state index in [9.17, 15) is 10.1 Å². The Bertz CT molecular complexity index is 660. The van der Waals surface area contributed by atoms with E-state index in [4.69, 9.17) is 4.74 Å². The van der Waals surface area contributed by atoms with Gasteiger partial charge in [0.2, 0.25) is 0 Å². The molecule has 0 heterocycles. The van der Waals surface area contributed by atoms with E-state index in [1.807, 2.05) is 0 Å². The second-order valence-electron chi connectivity index (χ2n) is 5.16. The number of hydrogen-bond donors (Lipinski definition) is 1. The third kappa shape index (κ3) is 2.67. The number of methoxy groups -OCH3 is 1. The maximum atomic E-state index is 10.9. The van der Waals surface area contributed by atoms with Crippen molar-refractivity contribution < 1.29 is 9.66 Å². The van der Waals surface area contributed by atoms with Crippen molar-refractivity contribution in [3.05, 3.63) is 63.7 Å². The summed E-state index contributed by atoms with van der Waals surface area (Å²) in [4.78, 5) is 10.5. The largest absolute Gasteiger partial charge is 0.490 e. The molecule has 2 aromatic carbocycles. The Labute approximate surface area is 122 Å². The number of hydrogen-bond acceptors (Lipinski definition) is 4. The minimum Gasteiger partial charge on any atom is -0.490 e. The van der Waals surface area contributed by atoms with E-state index in [0.717, 1.165) is 18.5 Å². The Kier molecular flexibility index (Phi) is 3.48. The van der Waals surface area contributed by atoms with Crippen LogP contribution in [-0.4, -0.2) is 18.1 Å². The molecule has 0 atom stereocenters. The number of anilines is 1. The van der Waals surface area contributed by atoms with E-state index in [-0.39, 0.29) is 11.4 Å². The summed E-state index contributed by atoms with van der Waals surface area (Å²) in [5.74, 6) is 0.278. The van der Waals surface area contributed by atoms with Gasteiger partial charge in [0, 0.05) is 23.9 Å². The summed E-state index contributed by atoms with van der Waals surface area (Å²) in [6.45, 7) is 0. The summed E-state index contributed by atoms with van der Waals surface area (Å²) in [6, 6.07) is 13.6. The number of nitrogens with zero attached hydrogens (tertiary/aromatic N) is 1. The number of fused-ring (bicyclic) bond motifs is 1. The van der Waals surface area contributed by atoms with E-state index in [0.29, 0.717) is 6.04 Å². The van der Waals surface area contributed by atoms with Crippen molar-refractivity contribution in [3.63, 3.8) is 0 Å². The monoisotopic (exact) mass is 284 g/mol. The molecule has 0 saturated carbocycles. The van der Waals surface area contributed by atoms with Crippen LogP contribution in [0.2, 0.25) is 0 Å². The van der Waals surface area contributed by atoms with Crippen molar-refractivity contribution in [2.24, 2.45) is 0 Å². The molecule has 5 heteroatoms. The van der Waals surface area contributed by atoms with Gasteiger partial charge in [0.05, 0.1) is 12.0 Å². The van der Waals surface area contributed by atoms with E-state index in [2.05, 4.69) is 29.6 Å². The molecule has 0 radical (unpaired) electrons. The summed E-state index contributed by atoms with van der Waals surface area (Å²) >= 11 is 0. The summed E-state index contributed by atoms with van der Waals surface area (Å²) < 4.78 is 5.09. The zero-order chi connectivity index (χ0) is 14.8. The van der Waals surface area contributed by atoms with Crippen LogP contribution in [0.4, 0.5) is 11.4 Å². The second-order valence-corrected chi connectivity index (χ2v) is 5.16. The van der Waals surface area contributed by atoms with E-state index < -0.39 is 4.92 Å². The Morgan fingerprint density at radius 3 is 2.43 bits per heavy atom. The van der Waals surface area contributed by atoms with Gasteiger partial charge in [-0.2, -0.15) is 0 Å². The first kappa shape index (κ1) is 13.4. The highest BCUT2D eigenvalue weighted by atomic mass is 16.6. The fourth-order valence-electron chi connectivity index (χ4n) is 2.81. The number of nitrogens with one attached hydrogen (secondary N) is 1. The van der Waals surface area contributed by atoms with Crippen LogP contribution in [0.5, 0.6) is 5.75 Å². The Balaban J connectivity index is 1.76. The number of benzene rings is 2. The summed E-state index contributed by atoms with van der Waals surface area (Å²) in [5, 5.41) is 14.3. The predicted octanol–water partition coefficient (Wildman–Crippen LogP) is 3.18. The number of nitro groups is 1. The van der Waals surface area contributed by atoms with Gasteiger partial charge in [-0.1, -0.05) is 24.3 Å². The Morgan fingerprint density at radius 1 is 1.19 bits per heavy atom. The zero-order valence-electron chi connectivity index (χ0n) is 11.7. The first-order valence-electron chi connectivity index (χ1n) is 6.83. The highest BCUT2D eigenvalue weighted by Crippen LogP contribution is 2.31. The molecule has 21 heavy (non-hydrogen) atoms. The Morgan fingerprint density at radius 2 is 1.86 bits per heavy atom. The molecule has 1 aliphatic rings. The van der Waals surface area contributed by atoms with Gasteiger partial charge in [-0.15, -0.1) is 0 Å². The molecule has 0 saturated heterocycles. The van der Waals surface area contributed by atoms with Crippen LogP contribution in [0.3, 0.4) is 0 Å². The van der Waals surface area contributed by atoms with Crippen LogP contribution >= 0.6 is 0 Å². The lowest BCUT2D eigenvalue weighted by atomic mass is 10.1. The van der Waals surface area contributed by atoms with Crippen LogP contribution in [0, 0.1) is 10.1 Å². The third-order valence-electron chi connectivity index (χ3n) is 3.80.